The molecule has 22 heavy (non-hydrogen) atoms. The molecule has 1 atom stereocenters. The third-order valence-corrected chi connectivity index (χ3v) is 4.72. The molecule has 1 aliphatic heterocycles. The van der Waals surface area contributed by atoms with Crippen molar-refractivity contribution >= 4 is 34.6 Å². The fourth-order valence-corrected chi connectivity index (χ4v) is 3.36. The molecule has 7 heteroatoms. The minimum absolute atomic E-state index is 0.113. The molecule has 1 aromatic carbocycles. The van der Waals surface area contributed by atoms with E-state index in [4.69, 9.17) is 4.74 Å². The first kappa shape index (κ1) is 13.6. The van der Waals surface area contributed by atoms with Gasteiger partial charge >= 0.3 is 5.97 Å². The summed E-state index contributed by atoms with van der Waals surface area (Å²) in [6.07, 6.45) is 2.71. The normalized spacial score (nSPS) is 21.5. The van der Waals surface area contributed by atoms with Gasteiger partial charge < -0.3 is 9.64 Å². The Labute approximate surface area is 131 Å². The van der Waals surface area contributed by atoms with Crippen LogP contribution in [0.1, 0.15) is 29.6 Å². The summed E-state index contributed by atoms with van der Waals surface area (Å²) in [7, 11) is 0. The average Bonchev–Trinajstić information content (AvgIpc) is 3.13. The SMILES string of the molecule is O=C(OC[C@@H]1CC(=O)N(C2CC2)C1)c1ccc2nsnc2c1. The summed E-state index contributed by atoms with van der Waals surface area (Å²) < 4.78 is 13.6. The lowest BCUT2D eigenvalue weighted by Gasteiger charge is -2.15. The van der Waals surface area contributed by atoms with E-state index in [0.29, 0.717) is 36.7 Å². The number of ether oxygens (including phenoxy) is 1. The molecule has 2 fully saturated rings. The maximum absolute atomic E-state index is 12.1. The third-order valence-electron chi connectivity index (χ3n) is 4.17. The Morgan fingerprint density at radius 3 is 2.95 bits per heavy atom. The number of carbonyl (C=O) groups is 2. The van der Waals surface area contributed by atoms with Gasteiger partial charge in [0.25, 0.3) is 0 Å². The van der Waals surface area contributed by atoms with E-state index in [1.165, 1.54) is 0 Å². The molecular formula is C15H15N3O3S. The lowest BCUT2D eigenvalue weighted by molar-refractivity contribution is -0.128. The van der Waals surface area contributed by atoms with E-state index in [1.54, 1.807) is 18.2 Å². The van der Waals surface area contributed by atoms with Crippen molar-refractivity contribution < 1.29 is 14.3 Å². The molecule has 1 saturated heterocycles. The number of amides is 1. The van der Waals surface area contributed by atoms with Gasteiger partial charge in [-0.1, -0.05) is 0 Å². The van der Waals surface area contributed by atoms with Crippen molar-refractivity contribution in [2.24, 2.45) is 5.92 Å². The highest BCUT2D eigenvalue weighted by atomic mass is 32.1. The monoisotopic (exact) mass is 317 g/mol. The second kappa shape index (κ2) is 5.31. The van der Waals surface area contributed by atoms with Gasteiger partial charge in [-0.25, -0.2) is 4.79 Å². The molecule has 1 aliphatic carbocycles. The minimum atomic E-state index is -0.368. The summed E-state index contributed by atoms with van der Waals surface area (Å²) in [5, 5.41) is 0. The number of likely N-dealkylation sites (tertiary alicyclic amines) is 1. The Hall–Kier alpha value is -2.02. The molecule has 0 N–H and O–H groups in total. The quantitative estimate of drug-likeness (QED) is 0.805. The van der Waals surface area contributed by atoms with E-state index >= 15 is 0 Å². The molecule has 1 aromatic heterocycles. The lowest BCUT2D eigenvalue weighted by atomic mass is 10.1. The molecule has 1 amide bonds. The zero-order chi connectivity index (χ0) is 15.1. The summed E-state index contributed by atoms with van der Waals surface area (Å²) in [5.74, 6) is -0.0625. The summed E-state index contributed by atoms with van der Waals surface area (Å²) in [6.45, 7) is 1.01. The predicted octanol–water partition coefficient (Wildman–Crippen LogP) is 1.86. The molecule has 114 valence electrons. The van der Waals surface area contributed by atoms with E-state index in [1.807, 2.05) is 4.90 Å². The van der Waals surface area contributed by atoms with Gasteiger partial charge in [-0.15, -0.1) is 0 Å². The standard InChI is InChI=1S/C15H15N3O3S/c19-14-5-9(7-18(14)11-2-3-11)8-21-15(20)10-1-4-12-13(6-10)17-22-16-12/h1,4,6,9,11H,2-3,5,7-8H2/t9-/m1/s1. The molecule has 2 aromatic rings. The van der Waals surface area contributed by atoms with Crippen LogP contribution in [0.3, 0.4) is 0 Å². The van der Waals surface area contributed by atoms with Crippen molar-refractivity contribution in [3.63, 3.8) is 0 Å². The number of esters is 1. The average molecular weight is 317 g/mol. The van der Waals surface area contributed by atoms with Gasteiger partial charge in [-0.2, -0.15) is 8.75 Å². The van der Waals surface area contributed by atoms with E-state index < -0.39 is 0 Å². The van der Waals surface area contributed by atoms with Gasteiger partial charge in [0.05, 0.1) is 23.9 Å². The van der Waals surface area contributed by atoms with Crippen LogP contribution >= 0.6 is 11.7 Å². The molecule has 0 bridgehead atoms. The summed E-state index contributed by atoms with van der Waals surface area (Å²) in [5.41, 5.74) is 1.96. The molecule has 0 spiro atoms. The van der Waals surface area contributed by atoms with Crippen LogP contribution in [0.2, 0.25) is 0 Å². The van der Waals surface area contributed by atoms with E-state index in [-0.39, 0.29) is 17.8 Å². The number of rotatable bonds is 4. The largest absolute Gasteiger partial charge is 0.462 e. The second-order valence-electron chi connectivity index (χ2n) is 5.91. The minimum Gasteiger partial charge on any atom is -0.462 e. The van der Waals surface area contributed by atoms with E-state index in [0.717, 1.165) is 30.1 Å². The maximum Gasteiger partial charge on any atom is 0.338 e. The Morgan fingerprint density at radius 2 is 2.14 bits per heavy atom. The van der Waals surface area contributed by atoms with Crippen LogP contribution in [-0.4, -0.2) is 44.7 Å². The number of aromatic nitrogens is 2. The zero-order valence-corrected chi connectivity index (χ0v) is 12.7. The second-order valence-corrected chi connectivity index (χ2v) is 6.44. The Balaban J connectivity index is 1.37. The molecular weight excluding hydrogens is 302 g/mol. The van der Waals surface area contributed by atoms with Crippen LogP contribution in [0.25, 0.3) is 11.0 Å². The van der Waals surface area contributed by atoms with Gasteiger partial charge in [0, 0.05) is 24.9 Å². The van der Waals surface area contributed by atoms with E-state index in [2.05, 4.69) is 8.75 Å². The van der Waals surface area contributed by atoms with Crippen LogP contribution in [0.4, 0.5) is 0 Å². The number of carbonyl (C=O) groups excluding carboxylic acids is 2. The summed E-state index contributed by atoms with van der Waals surface area (Å²) in [4.78, 5) is 25.9. The van der Waals surface area contributed by atoms with Crippen molar-refractivity contribution in [1.29, 1.82) is 0 Å². The van der Waals surface area contributed by atoms with Gasteiger partial charge in [-0.05, 0) is 31.0 Å². The van der Waals surface area contributed by atoms with Crippen molar-refractivity contribution in [3.05, 3.63) is 23.8 Å². The molecule has 2 heterocycles. The highest BCUT2D eigenvalue weighted by molar-refractivity contribution is 7.00. The molecule has 4 rings (SSSR count). The molecule has 6 nitrogen and oxygen atoms in total. The Morgan fingerprint density at radius 1 is 1.32 bits per heavy atom. The molecule has 2 aliphatic rings. The van der Waals surface area contributed by atoms with Crippen LogP contribution in [0.5, 0.6) is 0 Å². The van der Waals surface area contributed by atoms with E-state index in [9.17, 15) is 9.59 Å². The Kier molecular flexibility index (Phi) is 3.29. The first-order valence-corrected chi connectivity index (χ1v) is 8.12. The number of benzene rings is 1. The van der Waals surface area contributed by atoms with Crippen molar-refractivity contribution in [2.75, 3.05) is 13.2 Å². The van der Waals surface area contributed by atoms with Gasteiger partial charge in [0.2, 0.25) is 5.91 Å². The molecule has 0 unspecified atom stereocenters. The van der Waals surface area contributed by atoms with Crippen LogP contribution < -0.4 is 0 Å². The van der Waals surface area contributed by atoms with Crippen molar-refractivity contribution in [3.8, 4) is 0 Å². The van der Waals surface area contributed by atoms with Crippen LogP contribution in [0.15, 0.2) is 18.2 Å². The topological polar surface area (TPSA) is 72.4 Å². The third kappa shape index (κ3) is 2.56. The fraction of sp³-hybridized carbons (Fsp3) is 0.467. The van der Waals surface area contributed by atoms with Crippen LogP contribution in [0, 0.1) is 5.92 Å². The van der Waals surface area contributed by atoms with Crippen molar-refractivity contribution in [2.45, 2.75) is 25.3 Å². The number of fused-ring (bicyclic) bond motifs is 1. The number of hydrogen-bond donors (Lipinski definition) is 0. The smallest absolute Gasteiger partial charge is 0.338 e. The predicted molar refractivity (Wildman–Crippen MR) is 80.5 cm³/mol. The lowest BCUT2D eigenvalue weighted by Crippen LogP contribution is -2.27. The first-order valence-electron chi connectivity index (χ1n) is 7.39. The number of nitrogens with zero attached hydrogens (tertiary/aromatic N) is 3. The molecule has 1 saturated carbocycles. The van der Waals surface area contributed by atoms with Gasteiger partial charge in [-0.3, -0.25) is 4.79 Å². The van der Waals surface area contributed by atoms with Gasteiger partial charge in [0.1, 0.15) is 11.0 Å². The van der Waals surface area contributed by atoms with Crippen molar-refractivity contribution in [1.82, 2.24) is 13.6 Å². The van der Waals surface area contributed by atoms with Gasteiger partial charge in [0.15, 0.2) is 0 Å². The maximum atomic E-state index is 12.1. The Bertz CT molecular complexity index is 740. The highest BCUT2D eigenvalue weighted by Crippen LogP contribution is 2.32. The first-order chi connectivity index (χ1) is 10.7. The summed E-state index contributed by atoms with van der Waals surface area (Å²) >= 11 is 1.12. The molecule has 0 radical (unpaired) electrons. The summed E-state index contributed by atoms with van der Waals surface area (Å²) in [6, 6.07) is 5.59. The highest BCUT2D eigenvalue weighted by Gasteiger charge is 2.39. The fourth-order valence-electron chi connectivity index (χ4n) is 2.85. The number of hydrogen-bond acceptors (Lipinski definition) is 6. The van der Waals surface area contributed by atoms with Crippen LogP contribution in [-0.2, 0) is 9.53 Å². The zero-order valence-electron chi connectivity index (χ0n) is 11.9.